The molecule has 2 nitrogen and oxygen atoms in total. The van der Waals surface area contributed by atoms with Crippen molar-refractivity contribution in [1.29, 1.82) is 0 Å². The van der Waals surface area contributed by atoms with Gasteiger partial charge in [-0.1, -0.05) is 20.8 Å². The first-order valence-electron chi connectivity index (χ1n) is 5.72. The summed E-state index contributed by atoms with van der Waals surface area (Å²) < 4.78 is 0. The minimum Gasteiger partial charge on any atom is -0.330 e. The van der Waals surface area contributed by atoms with E-state index in [1.807, 2.05) is 0 Å². The molecule has 2 heteroatoms. The van der Waals surface area contributed by atoms with Gasteiger partial charge in [-0.15, -0.1) is 0 Å². The number of hydrogen-bond acceptors (Lipinski definition) is 2. The minimum absolute atomic E-state index is 0.353. The third kappa shape index (κ3) is 4.43. The summed E-state index contributed by atoms with van der Waals surface area (Å²) in [6.45, 7) is 12.3. The van der Waals surface area contributed by atoms with Crippen molar-refractivity contribution in [1.82, 2.24) is 4.90 Å². The summed E-state index contributed by atoms with van der Waals surface area (Å²) in [6, 6.07) is 1.24. The van der Waals surface area contributed by atoms with Crippen molar-refractivity contribution in [2.45, 2.75) is 59.5 Å². The highest BCUT2D eigenvalue weighted by molar-refractivity contribution is 4.80. The van der Waals surface area contributed by atoms with E-state index in [1.165, 1.54) is 6.42 Å². The highest BCUT2D eigenvalue weighted by Crippen LogP contribution is 2.25. The zero-order valence-corrected chi connectivity index (χ0v) is 10.8. The molecule has 0 aromatic rings. The number of nitrogens with zero attached hydrogens (tertiary/aromatic N) is 1. The second kappa shape index (κ2) is 5.72. The van der Waals surface area contributed by atoms with Crippen molar-refractivity contribution in [2.75, 3.05) is 13.6 Å². The van der Waals surface area contributed by atoms with Crippen molar-refractivity contribution in [3.8, 4) is 0 Å². The number of nitrogens with two attached hydrogens (primary N) is 1. The van der Waals surface area contributed by atoms with E-state index >= 15 is 0 Å². The van der Waals surface area contributed by atoms with Gasteiger partial charge >= 0.3 is 0 Å². The van der Waals surface area contributed by atoms with Crippen molar-refractivity contribution < 1.29 is 0 Å². The van der Waals surface area contributed by atoms with Gasteiger partial charge in [0.05, 0.1) is 0 Å². The van der Waals surface area contributed by atoms with Gasteiger partial charge in [0.2, 0.25) is 0 Å². The van der Waals surface area contributed by atoms with Gasteiger partial charge in [-0.2, -0.15) is 0 Å². The molecule has 0 aliphatic rings. The van der Waals surface area contributed by atoms with E-state index in [0.29, 0.717) is 17.5 Å². The van der Waals surface area contributed by atoms with E-state index in [-0.39, 0.29) is 0 Å². The molecular formula is C12H28N2. The second-order valence-electron chi connectivity index (χ2n) is 5.49. The molecule has 0 rings (SSSR count). The van der Waals surface area contributed by atoms with Gasteiger partial charge in [0.1, 0.15) is 0 Å². The van der Waals surface area contributed by atoms with Crippen LogP contribution in [0.4, 0.5) is 0 Å². The first kappa shape index (κ1) is 13.9. The molecular weight excluding hydrogens is 172 g/mol. The molecule has 0 aromatic heterocycles. The predicted molar refractivity (Wildman–Crippen MR) is 64.4 cm³/mol. The maximum Gasteiger partial charge on any atom is 0.0115 e. The molecule has 0 aromatic carbocycles. The van der Waals surface area contributed by atoms with Crippen LogP contribution >= 0.6 is 0 Å². The monoisotopic (exact) mass is 200 g/mol. The van der Waals surface area contributed by atoms with Crippen molar-refractivity contribution in [3.63, 3.8) is 0 Å². The number of rotatable bonds is 5. The average Bonchev–Trinajstić information content (AvgIpc) is 2.10. The molecule has 0 aliphatic carbocycles. The standard InChI is InChI=1S/C12H28N2/c1-10(8-7-9-13)14(6)11(2)12(3,4)5/h10-11H,7-9,13H2,1-6H3. The average molecular weight is 200 g/mol. The van der Waals surface area contributed by atoms with Gasteiger partial charge in [-0.25, -0.2) is 0 Å². The molecule has 0 heterocycles. The highest BCUT2D eigenvalue weighted by atomic mass is 15.2. The Bertz CT molecular complexity index is 149. The summed E-state index contributed by atoms with van der Waals surface area (Å²) in [6.07, 6.45) is 2.33. The predicted octanol–water partition coefficient (Wildman–Crippen LogP) is 2.48. The lowest BCUT2D eigenvalue weighted by Gasteiger charge is -2.39. The third-order valence-electron chi connectivity index (χ3n) is 3.39. The van der Waals surface area contributed by atoms with Gasteiger partial charge in [-0.3, -0.25) is 0 Å². The van der Waals surface area contributed by atoms with Crippen LogP contribution in [0.2, 0.25) is 0 Å². The summed E-state index contributed by atoms with van der Waals surface area (Å²) in [5.41, 5.74) is 5.87. The van der Waals surface area contributed by atoms with Gasteiger partial charge in [0.15, 0.2) is 0 Å². The smallest absolute Gasteiger partial charge is 0.0115 e. The fourth-order valence-corrected chi connectivity index (χ4v) is 1.61. The fraction of sp³-hybridized carbons (Fsp3) is 1.00. The van der Waals surface area contributed by atoms with E-state index in [9.17, 15) is 0 Å². The van der Waals surface area contributed by atoms with Crippen LogP contribution < -0.4 is 5.73 Å². The van der Waals surface area contributed by atoms with E-state index in [4.69, 9.17) is 5.73 Å². The van der Waals surface area contributed by atoms with Gasteiger partial charge < -0.3 is 10.6 Å². The second-order valence-corrected chi connectivity index (χ2v) is 5.49. The van der Waals surface area contributed by atoms with E-state index in [2.05, 4.69) is 46.6 Å². The third-order valence-corrected chi connectivity index (χ3v) is 3.39. The maximum atomic E-state index is 5.52. The normalized spacial score (nSPS) is 17.1. The first-order valence-corrected chi connectivity index (χ1v) is 5.72. The van der Waals surface area contributed by atoms with Gasteiger partial charge in [0.25, 0.3) is 0 Å². The van der Waals surface area contributed by atoms with Crippen LogP contribution in [0.5, 0.6) is 0 Å². The van der Waals surface area contributed by atoms with Crippen molar-refractivity contribution in [2.24, 2.45) is 11.1 Å². The Morgan fingerprint density at radius 3 is 2.07 bits per heavy atom. The molecule has 2 atom stereocenters. The molecule has 0 radical (unpaired) electrons. The SMILES string of the molecule is CC(CCCN)N(C)C(C)C(C)(C)C. The molecule has 0 amide bonds. The minimum atomic E-state index is 0.353. The molecule has 0 aliphatic heterocycles. The van der Waals surface area contributed by atoms with Crippen LogP contribution in [-0.2, 0) is 0 Å². The van der Waals surface area contributed by atoms with Crippen LogP contribution in [0.15, 0.2) is 0 Å². The van der Waals surface area contributed by atoms with E-state index in [0.717, 1.165) is 13.0 Å². The van der Waals surface area contributed by atoms with Crippen LogP contribution in [0.3, 0.4) is 0 Å². The lowest BCUT2D eigenvalue weighted by Crippen LogP contribution is -2.44. The zero-order valence-electron chi connectivity index (χ0n) is 10.8. The topological polar surface area (TPSA) is 29.3 Å². The van der Waals surface area contributed by atoms with Crippen molar-refractivity contribution in [3.05, 3.63) is 0 Å². The summed E-state index contributed by atoms with van der Waals surface area (Å²) in [7, 11) is 2.22. The summed E-state index contributed by atoms with van der Waals surface area (Å²) in [5.74, 6) is 0. The Kier molecular flexibility index (Phi) is 5.68. The number of hydrogen-bond donors (Lipinski definition) is 1. The zero-order chi connectivity index (χ0) is 11.4. The Labute approximate surface area is 89.9 Å². The van der Waals surface area contributed by atoms with E-state index < -0.39 is 0 Å². The molecule has 2 unspecified atom stereocenters. The van der Waals surface area contributed by atoms with E-state index in [1.54, 1.807) is 0 Å². The summed E-state index contributed by atoms with van der Waals surface area (Å²) in [4.78, 5) is 2.47. The highest BCUT2D eigenvalue weighted by Gasteiger charge is 2.26. The fourth-order valence-electron chi connectivity index (χ4n) is 1.61. The summed E-state index contributed by atoms with van der Waals surface area (Å²) in [5, 5.41) is 0. The molecule has 0 saturated heterocycles. The quantitative estimate of drug-likeness (QED) is 0.739. The lowest BCUT2D eigenvalue weighted by molar-refractivity contribution is 0.0998. The van der Waals surface area contributed by atoms with Gasteiger partial charge in [-0.05, 0) is 45.7 Å². The molecule has 86 valence electrons. The first-order chi connectivity index (χ1) is 6.30. The lowest BCUT2D eigenvalue weighted by atomic mass is 9.86. The molecule has 0 saturated carbocycles. The molecule has 0 bridgehead atoms. The van der Waals surface area contributed by atoms with Crippen LogP contribution in [-0.4, -0.2) is 30.6 Å². The Balaban J connectivity index is 4.10. The Morgan fingerprint density at radius 1 is 1.21 bits per heavy atom. The van der Waals surface area contributed by atoms with Crippen LogP contribution in [0.1, 0.15) is 47.5 Å². The van der Waals surface area contributed by atoms with Crippen LogP contribution in [0, 0.1) is 5.41 Å². The van der Waals surface area contributed by atoms with Crippen molar-refractivity contribution >= 4 is 0 Å². The summed E-state index contributed by atoms with van der Waals surface area (Å²) >= 11 is 0. The van der Waals surface area contributed by atoms with Crippen LogP contribution in [0.25, 0.3) is 0 Å². The molecule has 0 fully saturated rings. The Hall–Kier alpha value is -0.0800. The Morgan fingerprint density at radius 2 is 1.71 bits per heavy atom. The van der Waals surface area contributed by atoms with Gasteiger partial charge in [0, 0.05) is 12.1 Å². The maximum absolute atomic E-state index is 5.52. The largest absolute Gasteiger partial charge is 0.330 e. The molecule has 14 heavy (non-hydrogen) atoms. The molecule has 2 N–H and O–H groups in total. The molecule has 0 spiro atoms.